The largest absolute Gasteiger partial charge is 0.359 e. The van der Waals surface area contributed by atoms with Crippen LogP contribution in [0.2, 0.25) is 4.34 Å². The molecule has 190 valence electrons. The maximum atomic E-state index is 6.17. The Labute approximate surface area is 229 Å². The number of hydrogen-bond acceptors (Lipinski definition) is 6. The fourth-order valence-corrected chi connectivity index (χ4v) is 5.60. The average molecular weight is 540 g/mol. The lowest BCUT2D eigenvalue weighted by Gasteiger charge is -2.28. The first kappa shape index (κ1) is 24.3. The number of aromatic nitrogens is 6. The van der Waals surface area contributed by atoms with Crippen molar-refractivity contribution in [3.63, 3.8) is 0 Å². The molecule has 0 spiro atoms. The van der Waals surface area contributed by atoms with E-state index in [1.165, 1.54) is 30.6 Å². The zero-order chi connectivity index (χ0) is 26.2. The van der Waals surface area contributed by atoms with Crippen LogP contribution in [0, 0.1) is 5.92 Å². The van der Waals surface area contributed by atoms with E-state index in [0.717, 1.165) is 55.3 Å². The van der Waals surface area contributed by atoms with E-state index in [-0.39, 0.29) is 0 Å². The standard InChI is InChI=1S/C29H26ClN7S/c1-4-17(15-19(5-2)32-16(3)18-7-6-8-18)20-9-10-22-26(33-20)28(37-36-22)29-34-21-13-14-31-27(25(21)35-29)23-11-12-24(30)38-23/h4-5,9-15,18,32H,2-3,6-8H2,1H3,(H,34,35)(H,36,37)/b17-4+,19-15+. The molecule has 5 aromatic rings. The molecule has 6 rings (SSSR count). The quantitative estimate of drug-likeness (QED) is 0.176. The highest BCUT2D eigenvalue weighted by Gasteiger charge is 2.21. The Morgan fingerprint density at radius 2 is 1.95 bits per heavy atom. The molecule has 0 amide bonds. The minimum Gasteiger partial charge on any atom is -0.359 e. The predicted molar refractivity (Wildman–Crippen MR) is 157 cm³/mol. The fourth-order valence-electron chi connectivity index (χ4n) is 4.56. The number of H-pyrrole nitrogens is 2. The van der Waals surface area contributed by atoms with Gasteiger partial charge in [0.05, 0.1) is 25.9 Å². The first-order valence-corrected chi connectivity index (χ1v) is 13.7. The molecule has 1 saturated carbocycles. The van der Waals surface area contributed by atoms with Gasteiger partial charge in [-0.3, -0.25) is 10.1 Å². The Hall–Kier alpha value is -4.01. The summed E-state index contributed by atoms with van der Waals surface area (Å²) >= 11 is 7.65. The van der Waals surface area contributed by atoms with Crippen molar-refractivity contribution in [2.24, 2.45) is 5.92 Å². The third kappa shape index (κ3) is 4.46. The highest BCUT2D eigenvalue weighted by Crippen LogP contribution is 2.35. The van der Waals surface area contributed by atoms with Crippen molar-refractivity contribution in [1.29, 1.82) is 0 Å². The van der Waals surface area contributed by atoms with Gasteiger partial charge in [-0.15, -0.1) is 11.3 Å². The number of rotatable bonds is 8. The molecule has 5 heterocycles. The van der Waals surface area contributed by atoms with Crippen molar-refractivity contribution < 1.29 is 0 Å². The summed E-state index contributed by atoms with van der Waals surface area (Å²) in [7, 11) is 0. The Balaban J connectivity index is 1.37. The van der Waals surface area contributed by atoms with Gasteiger partial charge in [-0.2, -0.15) is 5.10 Å². The molecule has 0 radical (unpaired) electrons. The van der Waals surface area contributed by atoms with E-state index in [0.29, 0.717) is 21.8 Å². The summed E-state index contributed by atoms with van der Waals surface area (Å²) in [5.41, 5.74) is 8.35. The topological polar surface area (TPSA) is 95.2 Å². The first-order valence-electron chi connectivity index (χ1n) is 12.5. The van der Waals surface area contributed by atoms with Gasteiger partial charge in [-0.1, -0.05) is 37.3 Å². The normalized spacial score (nSPS) is 14.7. The second-order valence-electron chi connectivity index (χ2n) is 9.24. The third-order valence-corrected chi connectivity index (χ3v) is 8.12. The van der Waals surface area contributed by atoms with Crippen LogP contribution in [-0.4, -0.2) is 30.1 Å². The fraction of sp³-hybridized carbons (Fsp3) is 0.172. The number of thiophene rings is 1. The van der Waals surface area contributed by atoms with E-state index >= 15 is 0 Å². The molecule has 9 heteroatoms. The van der Waals surface area contributed by atoms with E-state index in [4.69, 9.17) is 21.6 Å². The third-order valence-electron chi connectivity index (χ3n) is 6.88. The molecule has 38 heavy (non-hydrogen) atoms. The van der Waals surface area contributed by atoms with Crippen LogP contribution < -0.4 is 5.32 Å². The minimum atomic E-state index is 0.534. The van der Waals surface area contributed by atoms with Crippen LogP contribution in [0.1, 0.15) is 31.9 Å². The number of aromatic amines is 2. The van der Waals surface area contributed by atoms with Gasteiger partial charge in [0.15, 0.2) is 11.5 Å². The summed E-state index contributed by atoms with van der Waals surface area (Å²) in [4.78, 5) is 18.8. The summed E-state index contributed by atoms with van der Waals surface area (Å²) < 4.78 is 0.709. The van der Waals surface area contributed by atoms with Gasteiger partial charge < -0.3 is 10.3 Å². The Morgan fingerprint density at radius 3 is 2.66 bits per heavy atom. The monoisotopic (exact) mass is 539 g/mol. The van der Waals surface area contributed by atoms with Crippen molar-refractivity contribution in [2.45, 2.75) is 26.2 Å². The van der Waals surface area contributed by atoms with Crippen LogP contribution in [0.25, 0.3) is 49.7 Å². The molecule has 1 fully saturated rings. The molecule has 7 nitrogen and oxygen atoms in total. The van der Waals surface area contributed by atoms with E-state index < -0.39 is 0 Å². The average Bonchev–Trinajstić information content (AvgIpc) is 3.62. The summed E-state index contributed by atoms with van der Waals surface area (Å²) in [6.07, 6.45) is 11.3. The molecule has 0 bridgehead atoms. The molecule has 3 N–H and O–H groups in total. The Morgan fingerprint density at radius 1 is 1.11 bits per heavy atom. The van der Waals surface area contributed by atoms with Crippen LogP contribution >= 0.6 is 22.9 Å². The molecule has 5 aromatic heterocycles. The van der Waals surface area contributed by atoms with Gasteiger partial charge in [-0.05, 0) is 73.7 Å². The molecule has 0 saturated heterocycles. The van der Waals surface area contributed by atoms with Crippen LogP contribution in [0.5, 0.6) is 0 Å². The lowest BCUT2D eigenvalue weighted by molar-refractivity contribution is 0.356. The van der Waals surface area contributed by atoms with Gasteiger partial charge in [0.2, 0.25) is 0 Å². The molecule has 0 aromatic carbocycles. The van der Waals surface area contributed by atoms with E-state index in [9.17, 15) is 0 Å². The van der Waals surface area contributed by atoms with E-state index in [1.54, 1.807) is 6.20 Å². The summed E-state index contributed by atoms with van der Waals surface area (Å²) in [5.74, 6) is 1.15. The van der Waals surface area contributed by atoms with Crippen LogP contribution in [0.15, 0.2) is 79.3 Å². The van der Waals surface area contributed by atoms with Crippen molar-refractivity contribution in [2.75, 3.05) is 0 Å². The lowest BCUT2D eigenvalue weighted by Crippen LogP contribution is -2.23. The highest BCUT2D eigenvalue weighted by molar-refractivity contribution is 7.19. The maximum Gasteiger partial charge on any atom is 0.161 e. The van der Waals surface area contributed by atoms with Crippen molar-refractivity contribution >= 4 is 50.6 Å². The molecular formula is C29H26ClN7S. The number of fused-ring (bicyclic) bond motifs is 2. The Kier molecular flexibility index (Phi) is 6.43. The van der Waals surface area contributed by atoms with E-state index in [2.05, 4.69) is 44.7 Å². The summed E-state index contributed by atoms with van der Waals surface area (Å²) in [6.45, 7) is 10.2. The number of imidazole rings is 1. The van der Waals surface area contributed by atoms with Crippen LogP contribution in [0.3, 0.4) is 0 Å². The van der Waals surface area contributed by atoms with Gasteiger partial charge in [0, 0.05) is 17.6 Å². The van der Waals surface area contributed by atoms with Crippen LogP contribution in [-0.2, 0) is 0 Å². The number of nitrogens with one attached hydrogen (secondary N) is 3. The zero-order valence-electron chi connectivity index (χ0n) is 20.9. The maximum absolute atomic E-state index is 6.17. The second kappa shape index (κ2) is 10.0. The van der Waals surface area contributed by atoms with Gasteiger partial charge in [0.1, 0.15) is 16.7 Å². The predicted octanol–water partition coefficient (Wildman–Crippen LogP) is 7.65. The number of hydrogen-bond donors (Lipinski definition) is 3. The number of nitrogens with zero attached hydrogens (tertiary/aromatic N) is 4. The lowest BCUT2D eigenvalue weighted by atomic mass is 9.83. The van der Waals surface area contributed by atoms with Crippen molar-refractivity contribution in [3.05, 3.63) is 89.3 Å². The number of halogens is 1. The second-order valence-corrected chi connectivity index (χ2v) is 11.0. The van der Waals surface area contributed by atoms with Crippen molar-refractivity contribution in [3.8, 4) is 22.1 Å². The molecule has 1 aliphatic rings. The molecule has 0 aliphatic heterocycles. The first-order chi connectivity index (χ1) is 18.5. The van der Waals surface area contributed by atoms with Gasteiger partial charge in [-0.25, -0.2) is 9.97 Å². The highest BCUT2D eigenvalue weighted by atomic mass is 35.5. The molecule has 1 aliphatic carbocycles. The Bertz CT molecular complexity index is 1750. The molecular weight excluding hydrogens is 514 g/mol. The smallest absolute Gasteiger partial charge is 0.161 e. The van der Waals surface area contributed by atoms with Gasteiger partial charge >= 0.3 is 0 Å². The minimum absolute atomic E-state index is 0.534. The van der Waals surface area contributed by atoms with E-state index in [1.807, 2.05) is 49.4 Å². The van der Waals surface area contributed by atoms with Crippen molar-refractivity contribution in [1.82, 2.24) is 35.5 Å². The number of pyridine rings is 2. The van der Waals surface area contributed by atoms with Gasteiger partial charge in [0.25, 0.3) is 0 Å². The molecule has 0 atom stereocenters. The molecule has 0 unspecified atom stereocenters. The summed E-state index contributed by atoms with van der Waals surface area (Å²) in [5, 5.41) is 11.1. The van der Waals surface area contributed by atoms with Crippen LogP contribution in [0.4, 0.5) is 0 Å². The summed E-state index contributed by atoms with van der Waals surface area (Å²) in [6, 6.07) is 9.71. The zero-order valence-corrected chi connectivity index (χ0v) is 22.5. The number of allylic oxidation sites excluding steroid dienone is 5. The SMILES string of the molecule is C=C/C(=C\C(=C/C)c1ccc2[nH]nc(-c3nc4c(-c5ccc(Cl)s5)nccc4[nH]3)c2n1)NC(=C)C1CCC1.